The number of nitrogens with one attached hydrogen (secondary N) is 1. The quantitative estimate of drug-likeness (QED) is 0.470. The van der Waals surface area contributed by atoms with Gasteiger partial charge in [-0.2, -0.15) is 11.8 Å². The van der Waals surface area contributed by atoms with Crippen molar-refractivity contribution in [2.45, 2.75) is 5.75 Å². The summed E-state index contributed by atoms with van der Waals surface area (Å²) in [6, 6.07) is 4.86. The van der Waals surface area contributed by atoms with Gasteiger partial charge in [0, 0.05) is 30.9 Å². The van der Waals surface area contributed by atoms with Gasteiger partial charge in [-0.05, 0) is 11.6 Å². The van der Waals surface area contributed by atoms with E-state index in [1.165, 1.54) is 24.1 Å². The number of hydrogen-bond donors (Lipinski definition) is 1. The second-order valence-electron chi connectivity index (χ2n) is 4.04. The average Bonchev–Trinajstić information content (AvgIpc) is 2.33. The SMILES string of the molecule is CNc1cc(CSCCS(C)(=O)=O)ccc1[N+](=O)[O-]. The molecule has 0 aromatic heterocycles. The Morgan fingerprint density at radius 1 is 1.42 bits per heavy atom. The highest BCUT2D eigenvalue weighted by Crippen LogP contribution is 2.26. The molecule has 0 aliphatic heterocycles. The van der Waals surface area contributed by atoms with Crippen LogP contribution in [0.4, 0.5) is 11.4 Å². The predicted octanol–water partition coefficient (Wildman–Crippen LogP) is 1.91. The molecule has 19 heavy (non-hydrogen) atoms. The Hall–Kier alpha value is -1.28. The molecule has 1 N–H and O–H groups in total. The summed E-state index contributed by atoms with van der Waals surface area (Å²) in [6.45, 7) is 0. The zero-order chi connectivity index (χ0) is 14.5. The molecule has 0 aliphatic rings. The minimum absolute atomic E-state index is 0.0346. The van der Waals surface area contributed by atoms with Crippen molar-refractivity contribution in [1.82, 2.24) is 0 Å². The third kappa shape index (κ3) is 5.48. The van der Waals surface area contributed by atoms with Crippen molar-refractivity contribution in [1.29, 1.82) is 0 Å². The van der Waals surface area contributed by atoms with Gasteiger partial charge in [0.05, 0.1) is 10.7 Å². The summed E-state index contributed by atoms with van der Waals surface area (Å²) in [7, 11) is -1.30. The van der Waals surface area contributed by atoms with Crippen molar-refractivity contribution in [2.75, 3.05) is 30.1 Å². The van der Waals surface area contributed by atoms with Gasteiger partial charge in [-0.25, -0.2) is 8.42 Å². The van der Waals surface area contributed by atoms with Crippen LogP contribution >= 0.6 is 11.8 Å². The Morgan fingerprint density at radius 2 is 2.11 bits per heavy atom. The van der Waals surface area contributed by atoms with Gasteiger partial charge in [0.2, 0.25) is 0 Å². The van der Waals surface area contributed by atoms with Crippen LogP contribution in [0.3, 0.4) is 0 Å². The van der Waals surface area contributed by atoms with Crippen LogP contribution in [0.2, 0.25) is 0 Å². The second kappa shape index (κ2) is 6.76. The number of nitrogens with zero attached hydrogens (tertiary/aromatic N) is 1. The second-order valence-corrected chi connectivity index (χ2v) is 7.41. The lowest BCUT2D eigenvalue weighted by molar-refractivity contribution is -0.383. The van der Waals surface area contributed by atoms with E-state index in [0.29, 0.717) is 17.2 Å². The van der Waals surface area contributed by atoms with Gasteiger partial charge >= 0.3 is 0 Å². The minimum Gasteiger partial charge on any atom is -0.383 e. The number of rotatable bonds is 7. The minimum atomic E-state index is -2.93. The lowest BCUT2D eigenvalue weighted by Crippen LogP contribution is -2.05. The van der Waals surface area contributed by atoms with E-state index in [2.05, 4.69) is 5.32 Å². The summed E-state index contributed by atoms with van der Waals surface area (Å²) in [5.74, 6) is 1.29. The molecule has 0 aliphatic carbocycles. The number of benzene rings is 1. The van der Waals surface area contributed by atoms with E-state index in [4.69, 9.17) is 0 Å². The van der Waals surface area contributed by atoms with Crippen molar-refractivity contribution in [3.63, 3.8) is 0 Å². The maximum absolute atomic E-state index is 11.0. The standard InChI is InChI=1S/C11H16N2O4S2/c1-12-10-7-9(3-4-11(10)13(14)15)8-18-5-6-19(2,16)17/h3-4,7,12H,5-6,8H2,1-2H3. The first-order valence-corrected chi connectivity index (χ1v) is 8.75. The first-order chi connectivity index (χ1) is 8.83. The van der Waals surface area contributed by atoms with E-state index in [-0.39, 0.29) is 11.4 Å². The molecule has 106 valence electrons. The molecule has 0 amide bonds. The molecule has 0 unspecified atom stereocenters. The molecular formula is C11H16N2O4S2. The molecule has 0 heterocycles. The van der Waals surface area contributed by atoms with E-state index < -0.39 is 14.8 Å². The molecule has 0 fully saturated rings. The Labute approximate surface area is 116 Å². The Kier molecular flexibility index (Phi) is 5.61. The molecule has 1 aromatic rings. The van der Waals surface area contributed by atoms with Gasteiger partial charge in [-0.3, -0.25) is 10.1 Å². The van der Waals surface area contributed by atoms with Crippen molar-refractivity contribution in [3.8, 4) is 0 Å². The van der Waals surface area contributed by atoms with Crippen LogP contribution in [-0.2, 0) is 15.6 Å². The highest BCUT2D eigenvalue weighted by atomic mass is 32.2. The molecular weight excluding hydrogens is 288 g/mol. The smallest absolute Gasteiger partial charge is 0.292 e. The molecule has 0 radical (unpaired) electrons. The number of sulfone groups is 1. The first-order valence-electron chi connectivity index (χ1n) is 5.54. The van der Waals surface area contributed by atoms with E-state index >= 15 is 0 Å². The zero-order valence-corrected chi connectivity index (χ0v) is 12.4. The fourth-order valence-corrected chi connectivity index (χ4v) is 3.67. The molecule has 8 heteroatoms. The lowest BCUT2D eigenvalue weighted by Gasteiger charge is -2.06. The van der Waals surface area contributed by atoms with Crippen LogP contribution in [0, 0.1) is 10.1 Å². The van der Waals surface area contributed by atoms with Gasteiger partial charge in [0.25, 0.3) is 5.69 Å². The van der Waals surface area contributed by atoms with Crippen LogP contribution in [-0.4, -0.2) is 38.2 Å². The lowest BCUT2D eigenvalue weighted by atomic mass is 10.2. The number of nitro benzene ring substituents is 1. The van der Waals surface area contributed by atoms with Crippen LogP contribution in [0.15, 0.2) is 18.2 Å². The molecule has 6 nitrogen and oxygen atoms in total. The van der Waals surface area contributed by atoms with Crippen LogP contribution < -0.4 is 5.32 Å². The molecule has 1 rings (SSSR count). The summed E-state index contributed by atoms with van der Waals surface area (Å²) >= 11 is 1.49. The van der Waals surface area contributed by atoms with Crippen molar-refractivity contribution < 1.29 is 13.3 Å². The average molecular weight is 304 g/mol. The summed E-state index contributed by atoms with van der Waals surface area (Å²) in [6.07, 6.45) is 1.21. The molecule has 1 aromatic carbocycles. The largest absolute Gasteiger partial charge is 0.383 e. The van der Waals surface area contributed by atoms with E-state index in [0.717, 1.165) is 5.56 Å². The van der Waals surface area contributed by atoms with Crippen molar-refractivity contribution >= 4 is 33.0 Å². The Balaban J connectivity index is 2.63. The van der Waals surface area contributed by atoms with Gasteiger partial charge in [0.15, 0.2) is 0 Å². The first kappa shape index (κ1) is 15.8. The number of nitro groups is 1. The normalized spacial score (nSPS) is 11.3. The van der Waals surface area contributed by atoms with E-state index in [1.54, 1.807) is 19.2 Å². The maximum Gasteiger partial charge on any atom is 0.292 e. The van der Waals surface area contributed by atoms with Crippen LogP contribution in [0.25, 0.3) is 0 Å². The van der Waals surface area contributed by atoms with Crippen molar-refractivity contribution in [2.24, 2.45) is 0 Å². The maximum atomic E-state index is 11.0. The molecule has 0 saturated carbocycles. The van der Waals surface area contributed by atoms with E-state index in [1.807, 2.05) is 0 Å². The zero-order valence-electron chi connectivity index (χ0n) is 10.8. The Bertz CT molecular complexity index is 558. The van der Waals surface area contributed by atoms with Crippen LogP contribution in [0.1, 0.15) is 5.56 Å². The highest BCUT2D eigenvalue weighted by Gasteiger charge is 2.12. The molecule has 0 atom stereocenters. The van der Waals surface area contributed by atoms with Gasteiger partial charge in [-0.15, -0.1) is 0 Å². The van der Waals surface area contributed by atoms with Gasteiger partial charge < -0.3 is 5.32 Å². The number of hydrogen-bond acceptors (Lipinski definition) is 6. The molecule has 0 saturated heterocycles. The number of anilines is 1. The number of thioether (sulfide) groups is 1. The van der Waals surface area contributed by atoms with Crippen molar-refractivity contribution in [3.05, 3.63) is 33.9 Å². The third-order valence-corrected chi connectivity index (χ3v) is 4.63. The topological polar surface area (TPSA) is 89.3 Å². The summed E-state index contributed by atoms with van der Waals surface area (Å²) in [5, 5.41) is 13.5. The summed E-state index contributed by atoms with van der Waals surface area (Å²) in [5.41, 5.74) is 1.42. The van der Waals surface area contributed by atoms with E-state index in [9.17, 15) is 18.5 Å². The van der Waals surface area contributed by atoms with Gasteiger partial charge in [-0.1, -0.05) is 6.07 Å². The summed E-state index contributed by atoms with van der Waals surface area (Å²) < 4.78 is 21.9. The molecule has 0 spiro atoms. The highest BCUT2D eigenvalue weighted by molar-refractivity contribution is 7.99. The van der Waals surface area contributed by atoms with Gasteiger partial charge in [0.1, 0.15) is 15.5 Å². The fourth-order valence-electron chi connectivity index (χ4n) is 1.43. The third-order valence-electron chi connectivity index (χ3n) is 2.39. The fraction of sp³-hybridized carbons (Fsp3) is 0.455. The Morgan fingerprint density at radius 3 is 2.63 bits per heavy atom. The molecule has 0 bridgehead atoms. The monoisotopic (exact) mass is 304 g/mol. The summed E-state index contributed by atoms with van der Waals surface area (Å²) in [4.78, 5) is 10.3. The van der Waals surface area contributed by atoms with Crippen LogP contribution in [0.5, 0.6) is 0 Å². The predicted molar refractivity (Wildman–Crippen MR) is 78.5 cm³/mol.